The van der Waals surface area contributed by atoms with E-state index < -0.39 is 0 Å². The van der Waals surface area contributed by atoms with Crippen molar-refractivity contribution in [2.24, 2.45) is 4.99 Å². The Hall–Kier alpha value is -2.08. The van der Waals surface area contributed by atoms with Crippen LogP contribution in [0.2, 0.25) is 0 Å². The highest BCUT2D eigenvalue weighted by atomic mass is 14.9. The van der Waals surface area contributed by atoms with Gasteiger partial charge in [0.25, 0.3) is 0 Å². The number of aryl methyl sites for hydroxylation is 2. The van der Waals surface area contributed by atoms with Crippen molar-refractivity contribution < 1.29 is 0 Å². The van der Waals surface area contributed by atoms with Crippen molar-refractivity contribution in [3.05, 3.63) is 23.5 Å². The molecule has 2 aromatic rings. The topological polar surface area (TPSA) is 41.0 Å². The van der Waals surface area contributed by atoms with Crippen molar-refractivity contribution in [3.8, 4) is 12.3 Å². The fourth-order valence-electron chi connectivity index (χ4n) is 1.61. The molecule has 1 aromatic carbocycles. The fourth-order valence-corrected chi connectivity index (χ4v) is 1.61. The summed E-state index contributed by atoms with van der Waals surface area (Å²) in [5.41, 5.74) is 4.61. The molecule has 1 heterocycles. The van der Waals surface area contributed by atoms with Crippen LogP contribution in [0.3, 0.4) is 0 Å². The first-order valence-electron chi connectivity index (χ1n) is 5.09. The second-order valence-corrected chi connectivity index (χ2v) is 3.82. The van der Waals surface area contributed by atoms with Gasteiger partial charge in [-0.2, -0.15) is 0 Å². The normalized spacial score (nSPS) is 11.8. The third-order valence-electron chi connectivity index (χ3n) is 2.42. The van der Waals surface area contributed by atoms with Crippen LogP contribution in [0.4, 0.5) is 5.69 Å². The van der Waals surface area contributed by atoms with E-state index in [0.29, 0.717) is 5.71 Å². The maximum absolute atomic E-state index is 5.29. The zero-order chi connectivity index (χ0) is 11.7. The molecule has 0 atom stereocenters. The number of hydrogen-bond acceptors (Lipinski definition) is 2. The molecule has 3 nitrogen and oxygen atoms in total. The molecule has 0 bridgehead atoms. The van der Waals surface area contributed by atoms with E-state index in [2.05, 4.69) is 20.9 Å². The van der Waals surface area contributed by atoms with Gasteiger partial charge in [0.1, 0.15) is 5.82 Å². The summed E-state index contributed by atoms with van der Waals surface area (Å²) in [7, 11) is 0. The average Bonchev–Trinajstić information content (AvgIpc) is 2.58. The quantitative estimate of drug-likeness (QED) is 0.572. The first-order valence-corrected chi connectivity index (χ1v) is 5.09. The lowest BCUT2D eigenvalue weighted by atomic mass is 10.2. The smallest absolute Gasteiger partial charge is 0.104 e. The minimum atomic E-state index is 0.679. The van der Waals surface area contributed by atoms with E-state index in [9.17, 15) is 0 Å². The molecule has 0 fully saturated rings. The van der Waals surface area contributed by atoms with Crippen LogP contribution in [-0.2, 0) is 0 Å². The second-order valence-electron chi connectivity index (χ2n) is 3.82. The number of aromatic nitrogens is 2. The van der Waals surface area contributed by atoms with Gasteiger partial charge in [0, 0.05) is 0 Å². The molecule has 0 aliphatic carbocycles. The molecule has 3 heteroatoms. The van der Waals surface area contributed by atoms with Gasteiger partial charge in [-0.05, 0) is 38.5 Å². The molecular formula is C13H13N3. The van der Waals surface area contributed by atoms with Crippen LogP contribution in [0.5, 0.6) is 0 Å². The van der Waals surface area contributed by atoms with Crippen molar-refractivity contribution in [1.82, 2.24) is 9.97 Å². The summed E-state index contributed by atoms with van der Waals surface area (Å²) in [5.74, 6) is 3.42. The summed E-state index contributed by atoms with van der Waals surface area (Å²) in [6.07, 6.45) is 5.29. The highest BCUT2D eigenvalue weighted by Gasteiger charge is 2.04. The highest BCUT2D eigenvalue weighted by molar-refractivity contribution is 6.00. The van der Waals surface area contributed by atoms with Crippen LogP contribution in [0, 0.1) is 26.2 Å². The van der Waals surface area contributed by atoms with Crippen molar-refractivity contribution >= 4 is 22.4 Å². The first-order chi connectivity index (χ1) is 7.60. The van der Waals surface area contributed by atoms with Crippen molar-refractivity contribution in [2.75, 3.05) is 0 Å². The summed E-state index contributed by atoms with van der Waals surface area (Å²) in [5, 5.41) is 0. The zero-order valence-electron chi connectivity index (χ0n) is 9.63. The molecule has 0 aliphatic rings. The van der Waals surface area contributed by atoms with Crippen molar-refractivity contribution in [1.29, 1.82) is 0 Å². The Kier molecular flexibility index (Phi) is 2.49. The summed E-state index contributed by atoms with van der Waals surface area (Å²) in [6, 6.07) is 3.99. The zero-order valence-corrected chi connectivity index (χ0v) is 9.63. The largest absolute Gasteiger partial charge is 0.342 e. The predicted molar refractivity (Wildman–Crippen MR) is 67.2 cm³/mol. The monoisotopic (exact) mass is 211 g/mol. The third-order valence-corrected chi connectivity index (χ3v) is 2.42. The number of fused-ring (bicyclic) bond motifs is 1. The summed E-state index contributed by atoms with van der Waals surface area (Å²) < 4.78 is 0. The number of aromatic amines is 1. The van der Waals surface area contributed by atoms with E-state index in [1.54, 1.807) is 0 Å². The van der Waals surface area contributed by atoms with Gasteiger partial charge in [0.2, 0.25) is 0 Å². The molecule has 0 saturated carbocycles. The average molecular weight is 211 g/mol. The highest BCUT2D eigenvalue weighted by Crippen LogP contribution is 2.24. The SMILES string of the molecule is C#C/C(C)=N\c1cc2[nH]c(C)nc2cc1C. The number of hydrogen-bond donors (Lipinski definition) is 1. The van der Waals surface area contributed by atoms with Gasteiger partial charge in [-0.1, -0.05) is 5.92 Å². The maximum atomic E-state index is 5.29. The van der Waals surface area contributed by atoms with E-state index in [4.69, 9.17) is 6.42 Å². The fraction of sp³-hybridized carbons (Fsp3) is 0.231. The molecule has 0 radical (unpaired) electrons. The number of terminal acetylenes is 1. The molecule has 0 saturated heterocycles. The third kappa shape index (κ3) is 1.82. The van der Waals surface area contributed by atoms with Crippen LogP contribution in [0.15, 0.2) is 17.1 Å². The standard InChI is InChI=1S/C13H13N3/c1-5-9(3)14-11-7-13-12(6-8(11)2)15-10(4)16-13/h1,6-7H,2-4H3,(H,15,16)/b14-9-. The lowest BCUT2D eigenvalue weighted by molar-refractivity contribution is 1.17. The van der Waals surface area contributed by atoms with Gasteiger partial charge in [0.05, 0.1) is 22.4 Å². The maximum Gasteiger partial charge on any atom is 0.104 e. The molecule has 0 amide bonds. The Morgan fingerprint density at radius 1 is 1.44 bits per heavy atom. The summed E-state index contributed by atoms with van der Waals surface area (Å²) in [6.45, 7) is 5.76. The van der Waals surface area contributed by atoms with Crippen LogP contribution in [-0.4, -0.2) is 15.7 Å². The van der Waals surface area contributed by atoms with Crippen molar-refractivity contribution in [2.45, 2.75) is 20.8 Å². The van der Waals surface area contributed by atoms with Crippen molar-refractivity contribution in [3.63, 3.8) is 0 Å². The molecule has 0 aliphatic heterocycles. The molecule has 2 rings (SSSR count). The number of H-pyrrole nitrogens is 1. The first kappa shape index (κ1) is 10.4. The van der Waals surface area contributed by atoms with Gasteiger partial charge in [-0.25, -0.2) is 9.98 Å². The van der Waals surface area contributed by atoms with Gasteiger partial charge < -0.3 is 4.98 Å². The molecule has 80 valence electrons. The Bertz CT molecular complexity index is 612. The Labute approximate surface area is 94.6 Å². The Morgan fingerprint density at radius 3 is 2.88 bits per heavy atom. The van der Waals surface area contributed by atoms with Gasteiger partial charge in [-0.3, -0.25) is 0 Å². The molecule has 16 heavy (non-hydrogen) atoms. The molecule has 0 spiro atoms. The second kappa shape index (κ2) is 3.82. The number of imidazole rings is 1. The predicted octanol–water partition coefficient (Wildman–Crippen LogP) is 2.91. The van der Waals surface area contributed by atoms with E-state index in [1.165, 1.54) is 0 Å². The summed E-state index contributed by atoms with van der Waals surface area (Å²) >= 11 is 0. The van der Waals surface area contributed by atoms with Crippen LogP contribution in [0.25, 0.3) is 11.0 Å². The van der Waals surface area contributed by atoms with E-state index in [-0.39, 0.29) is 0 Å². The molecular weight excluding hydrogens is 198 g/mol. The van der Waals surface area contributed by atoms with E-state index in [0.717, 1.165) is 28.1 Å². The Balaban J connectivity index is 2.63. The van der Waals surface area contributed by atoms with E-state index >= 15 is 0 Å². The molecule has 0 unspecified atom stereocenters. The lowest BCUT2D eigenvalue weighted by Gasteiger charge is -2.00. The molecule has 1 N–H and O–H groups in total. The van der Waals surface area contributed by atoms with E-state index in [1.807, 2.05) is 32.9 Å². The van der Waals surface area contributed by atoms with Crippen LogP contribution >= 0.6 is 0 Å². The number of rotatable bonds is 1. The lowest BCUT2D eigenvalue weighted by Crippen LogP contribution is -1.84. The van der Waals surface area contributed by atoms with Crippen LogP contribution in [0.1, 0.15) is 18.3 Å². The van der Waals surface area contributed by atoms with Gasteiger partial charge >= 0.3 is 0 Å². The van der Waals surface area contributed by atoms with Gasteiger partial charge in [-0.15, -0.1) is 6.42 Å². The minimum Gasteiger partial charge on any atom is -0.342 e. The molecule has 1 aromatic heterocycles. The number of nitrogens with zero attached hydrogens (tertiary/aromatic N) is 2. The number of benzene rings is 1. The van der Waals surface area contributed by atoms with Gasteiger partial charge in [0.15, 0.2) is 0 Å². The minimum absolute atomic E-state index is 0.679. The number of nitrogens with one attached hydrogen (secondary N) is 1. The summed E-state index contributed by atoms with van der Waals surface area (Å²) in [4.78, 5) is 11.9. The number of aliphatic imine (C=N–C) groups is 1. The van der Waals surface area contributed by atoms with Crippen LogP contribution < -0.4 is 0 Å². The Morgan fingerprint density at radius 2 is 2.19 bits per heavy atom.